The molecular weight excluding hydrogens is 440 g/mol. The number of thioether (sulfide) groups is 1. The van der Waals surface area contributed by atoms with Gasteiger partial charge in [0.15, 0.2) is 4.80 Å². The first kappa shape index (κ1) is 22.6. The van der Waals surface area contributed by atoms with Crippen molar-refractivity contribution in [2.75, 3.05) is 12.4 Å². The van der Waals surface area contributed by atoms with Crippen molar-refractivity contribution in [3.63, 3.8) is 0 Å². The van der Waals surface area contributed by atoms with Gasteiger partial charge in [-0.15, -0.1) is 11.8 Å². The molecule has 8 heteroatoms. The zero-order chi connectivity index (χ0) is 21.7. The molecule has 2 aromatic carbocycles. The Balaban J connectivity index is 1.83. The zero-order valence-corrected chi connectivity index (χ0v) is 19.5. The maximum Gasteiger partial charge on any atom is 0.326 e. The van der Waals surface area contributed by atoms with Crippen molar-refractivity contribution < 1.29 is 14.3 Å². The van der Waals surface area contributed by atoms with Gasteiger partial charge in [0.05, 0.1) is 16.8 Å². The summed E-state index contributed by atoms with van der Waals surface area (Å²) in [5.74, 6) is 0.0574. The molecule has 30 heavy (non-hydrogen) atoms. The number of ether oxygens (including phenoxy) is 1. The molecule has 0 aliphatic carbocycles. The molecule has 3 rings (SSSR count). The molecule has 0 aliphatic rings. The van der Waals surface area contributed by atoms with Crippen molar-refractivity contribution in [1.82, 2.24) is 4.57 Å². The second kappa shape index (κ2) is 10.3. The van der Waals surface area contributed by atoms with Crippen molar-refractivity contribution in [1.29, 1.82) is 0 Å². The molecular formula is C22H23ClN2O3S2. The molecule has 0 spiro atoms. The zero-order valence-electron chi connectivity index (χ0n) is 17.1. The Morgan fingerprint density at radius 3 is 2.57 bits per heavy atom. The molecule has 0 saturated carbocycles. The van der Waals surface area contributed by atoms with Crippen LogP contribution < -0.4 is 4.80 Å². The molecule has 1 heterocycles. The summed E-state index contributed by atoms with van der Waals surface area (Å²) in [6.45, 7) is 6.18. The van der Waals surface area contributed by atoms with Crippen LogP contribution in [0.15, 0.2) is 46.3 Å². The fourth-order valence-electron chi connectivity index (χ4n) is 2.84. The third-order valence-electron chi connectivity index (χ3n) is 4.51. The van der Waals surface area contributed by atoms with Gasteiger partial charge in [-0.1, -0.05) is 22.9 Å². The first-order valence-electron chi connectivity index (χ1n) is 9.59. The van der Waals surface area contributed by atoms with Crippen LogP contribution in [0.4, 0.5) is 0 Å². The number of aryl methyl sites for hydroxylation is 2. The highest BCUT2D eigenvalue weighted by Gasteiger charge is 2.13. The van der Waals surface area contributed by atoms with Crippen LogP contribution in [-0.4, -0.2) is 28.8 Å². The molecule has 5 nitrogen and oxygen atoms in total. The number of nitrogens with zero attached hydrogens (tertiary/aromatic N) is 2. The number of benzene rings is 2. The molecule has 0 bridgehead atoms. The predicted molar refractivity (Wildman–Crippen MR) is 123 cm³/mol. The van der Waals surface area contributed by atoms with Crippen LogP contribution in [0.3, 0.4) is 0 Å². The molecule has 0 unspecified atom stereocenters. The third kappa shape index (κ3) is 5.74. The quantitative estimate of drug-likeness (QED) is 0.360. The Labute approximate surface area is 188 Å². The molecule has 0 fully saturated rings. The highest BCUT2D eigenvalue weighted by atomic mass is 35.5. The molecule has 0 N–H and O–H groups in total. The lowest BCUT2D eigenvalue weighted by Gasteiger charge is -2.06. The number of fused-ring (bicyclic) bond motifs is 1. The van der Waals surface area contributed by atoms with Gasteiger partial charge in [-0.05, 0) is 68.3 Å². The van der Waals surface area contributed by atoms with Crippen LogP contribution in [0.2, 0.25) is 5.02 Å². The van der Waals surface area contributed by atoms with Gasteiger partial charge in [0.1, 0.15) is 6.54 Å². The second-order valence-electron chi connectivity index (χ2n) is 6.74. The van der Waals surface area contributed by atoms with E-state index in [1.54, 1.807) is 23.3 Å². The fourth-order valence-corrected chi connectivity index (χ4v) is 4.94. The molecule has 158 valence electrons. The third-order valence-corrected chi connectivity index (χ3v) is 6.82. The minimum absolute atomic E-state index is 0.0297. The number of rotatable bonds is 7. The van der Waals surface area contributed by atoms with E-state index >= 15 is 0 Å². The number of esters is 1. The summed E-state index contributed by atoms with van der Waals surface area (Å²) in [7, 11) is 0. The largest absolute Gasteiger partial charge is 0.465 e. The number of hydrogen-bond acceptors (Lipinski definition) is 5. The Bertz CT molecular complexity index is 1130. The van der Waals surface area contributed by atoms with Crippen LogP contribution in [0.1, 0.15) is 24.5 Å². The first-order valence-corrected chi connectivity index (χ1v) is 11.8. The summed E-state index contributed by atoms with van der Waals surface area (Å²) in [5, 5.41) is 0.687. The van der Waals surface area contributed by atoms with E-state index in [4.69, 9.17) is 16.3 Å². The smallest absolute Gasteiger partial charge is 0.326 e. The Kier molecular flexibility index (Phi) is 7.75. The van der Waals surface area contributed by atoms with Crippen molar-refractivity contribution in [3.05, 3.63) is 57.3 Å². The summed E-state index contributed by atoms with van der Waals surface area (Å²) < 4.78 is 7.87. The predicted octanol–water partition coefficient (Wildman–Crippen LogP) is 5.15. The van der Waals surface area contributed by atoms with Gasteiger partial charge in [0.2, 0.25) is 5.91 Å². The molecule has 0 atom stereocenters. The van der Waals surface area contributed by atoms with Gasteiger partial charge in [0, 0.05) is 22.1 Å². The van der Waals surface area contributed by atoms with Crippen molar-refractivity contribution >= 4 is 56.8 Å². The maximum atomic E-state index is 12.5. The van der Waals surface area contributed by atoms with Gasteiger partial charge in [-0.25, -0.2) is 0 Å². The lowest BCUT2D eigenvalue weighted by Crippen LogP contribution is -2.23. The Morgan fingerprint density at radius 1 is 1.17 bits per heavy atom. The van der Waals surface area contributed by atoms with E-state index in [1.165, 1.54) is 11.3 Å². The van der Waals surface area contributed by atoms with Crippen LogP contribution in [0, 0.1) is 13.8 Å². The summed E-state index contributed by atoms with van der Waals surface area (Å²) in [6, 6.07) is 11.6. The Morgan fingerprint density at radius 2 is 1.87 bits per heavy atom. The monoisotopic (exact) mass is 462 g/mol. The molecule has 0 aliphatic heterocycles. The van der Waals surface area contributed by atoms with Crippen LogP contribution >= 0.6 is 34.7 Å². The topological polar surface area (TPSA) is 60.7 Å². The van der Waals surface area contributed by atoms with E-state index in [9.17, 15) is 9.59 Å². The molecule has 3 aromatic rings. The van der Waals surface area contributed by atoms with E-state index in [2.05, 4.69) is 11.1 Å². The first-order chi connectivity index (χ1) is 14.4. The highest BCUT2D eigenvalue weighted by Crippen LogP contribution is 2.23. The minimum atomic E-state index is -0.345. The average Bonchev–Trinajstić information content (AvgIpc) is 3.00. The number of amides is 1. The fraction of sp³-hybridized carbons (Fsp3) is 0.318. The standard InChI is InChI=1S/C22H23ClN2O3S2/c1-4-28-21(27)13-25-18-11-14(2)15(3)12-19(18)30-22(25)24-20(26)9-10-29-17-7-5-16(23)6-8-17/h5-8,11-12H,4,9-10,13H2,1-3H3. The number of carbonyl (C=O) groups excluding carboxylic acids is 2. The summed E-state index contributed by atoms with van der Waals surface area (Å²) in [5.41, 5.74) is 3.16. The Hall–Kier alpha value is -2.09. The summed E-state index contributed by atoms with van der Waals surface area (Å²) in [6.07, 6.45) is 0.305. The second-order valence-corrected chi connectivity index (χ2v) is 9.35. The SMILES string of the molecule is CCOC(=O)Cn1c(=NC(=O)CCSc2ccc(Cl)cc2)sc2cc(C)c(C)cc21. The van der Waals surface area contributed by atoms with Crippen LogP contribution in [-0.2, 0) is 20.9 Å². The normalized spacial score (nSPS) is 11.8. The van der Waals surface area contributed by atoms with E-state index in [1.807, 2.05) is 44.2 Å². The molecule has 1 amide bonds. The van der Waals surface area contributed by atoms with Crippen LogP contribution in [0.25, 0.3) is 10.2 Å². The van der Waals surface area contributed by atoms with E-state index in [-0.39, 0.29) is 18.4 Å². The van der Waals surface area contributed by atoms with E-state index in [0.717, 1.165) is 26.2 Å². The summed E-state index contributed by atoms with van der Waals surface area (Å²) >= 11 is 8.89. The minimum Gasteiger partial charge on any atom is -0.465 e. The van der Waals surface area contributed by atoms with Gasteiger partial charge in [-0.2, -0.15) is 4.99 Å². The van der Waals surface area contributed by atoms with E-state index < -0.39 is 0 Å². The lowest BCUT2D eigenvalue weighted by molar-refractivity contribution is -0.143. The van der Waals surface area contributed by atoms with Gasteiger partial charge < -0.3 is 9.30 Å². The number of halogens is 1. The van der Waals surface area contributed by atoms with E-state index in [0.29, 0.717) is 28.6 Å². The van der Waals surface area contributed by atoms with Crippen molar-refractivity contribution in [2.45, 2.75) is 38.6 Å². The summed E-state index contributed by atoms with van der Waals surface area (Å²) in [4.78, 5) is 30.5. The number of carbonyl (C=O) groups is 2. The van der Waals surface area contributed by atoms with Crippen molar-refractivity contribution in [3.8, 4) is 0 Å². The van der Waals surface area contributed by atoms with Crippen LogP contribution in [0.5, 0.6) is 0 Å². The highest BCUT2D eigenvalue weighted by molar-refractivity contribution is 7.99. The molecule has 1 aromatic heterocycles. The molecule has 0 saturated heterocycles. The number of thiazole rings is 1. The number of hydrogen-bond donors (Lipinski definition) is 0. The lowest BCUT2D eigenvalue weighted by atomic mass is 10.1. The maximum absolute atomic E-state index is 12.5. The van der Waals surface area contributed by atoms with Gasteiger partial charge in [0.25, 0.3) is 0 Å². The molecule has 0 radical (unpaired) electrons. The average molecular weight is 463 g/mol. The van der Waals surface area contributed by atoms with Gasteiger partial charge >= 0.3 is 5.97 Å². The number of aromatic nitrogens is 1. The van der Waals surface area contributed by atoms with Gasteiger partial charge in [-0.3, -0.25) is 9.59 Å². The van der Waals surface area contributed by atoms with Crippen molar-refractivity contribution in [2.24, 2.45) is 4.99 Å².